The molecule has 0 bridgehead atoms. The molecule has 0 saturated heterocycles. The predicted octanol–water partition coefficient (Wildman–Crippen LogP) is 2.04. The zero-order valence-corrected chi connectivity index (χ0v) is 13.1. The summed E-state index contributed by atoms with van der Waals surface area (Å²) in [5.41, 5.74) is 1.10. The van der Waals surface area contributed by atoms with Gasteiger partial charge in [-0.15, -0.1) is 0 Å². The Hall–Kier alpha value is -3.61. The van der Waals surface area contributed by atoms with Crippen molar-refractivity contribution >= 4 is 17.6 Å². The Morgan fingerprint density at radius 1 is 1.04 bits per heavy atom. The van der Waals surface area contributed by atoms with E-state index in [-0.39, 0.29) is 17.9 Å². The van der Waals surface area contributed by atoms with Gasteiger partial charge in [0, 0.05) is 11.9 Å². The van der Waals surface area contributed by atoms with Gasteiger partial charge in [0.15, 0.2) is 0 Å². The molecule has 3 N–H and O–H groups in total. The first kappa shape index (κ1) is 16.3. The second-order valence-electron chi connectivity index (χ2n) is 5.42. The third-order valence-corrected chi connectivity index (χ3v) is 3.59. The van der Waals surface area contributed by atoms with Crippen molar-refractivity contribution in [3.63, 3.8) is 0 Å². The van der Waals surface area contributed by atoms with Crippen LogP contribution >= 0.6 is 0 Å². The van der Waals surface area contributed by atoms with Crippen LogP contribution in [0.2, 0.25) is 0 Å². The fourth-order valence-corrected chi connectivity index (χ4v) is 2.37. The van der Waals surface area contributed by atoms with Crippen molar-refractivity contribution in [1.29, 1.82) is 0 Å². The summed E-state index contributed by atoms with van der Waals surface area (Å²) in [6.07, 6.45) is 1.49. The molecule has 7 heteroatoms. The second kappa shape index (κ2) is 6.88. The number of amides is 1. The molecule has 0 unspecified atom stereocenters. The number of nitrogens with zero attached hydrogens (tertiary/aromatic N) is 1. The first-order valence-corrected chi connectivity index (χ1v) is 7.52. The first-order valence-electron chi connectivity index (χ1n) is 7.52. The average molecular weight is 337 g/mol. The standard InChI is InChI=1S/C18H15N3O4/c22-16(10-12-4-2-1-3-5-12)19-13-6-8-14(9-7-13)21-11-15(18(24)25)17(23)20-21/h1-9,11H,10H2,(H,19,22)(H,20,23)(H,24,25). The first-order chi connectivity index (χ1) is 12.0. The molecular formula is C18H15N3O4. The van der Waals surface area contributed by atoms with Crippen LogP contribution in [0.15, 0.2) is 65.6 Å². The maximum absolute atomic E-state index is 12.0. The van der Waals surface area contributed by atoms with Gasteiger partial charge in [-0.3, -0.25) is 19.4 Å². The Bertz CT molecular complexity index is 956. The van der Waals surface area contributed by atoms with Crippen molar-refractivity contribution in [2.24, 2.45) is 0 Å². The van der Waals surface area contributed by atoms with E-state index in [1.165, 1.54) is 10.9 Å². The average Bonchev–Trinajstić information content (AvgIpc) is 2.98. The molecule has 0 aliphatic carbocycles. The van der Waals surface area contributed by atoms with Gasteiger partial charge in [-0.05, 0) is 29.8 Å². The smallest absolute Gasteiger partial charge is 0.342 e. The molecule has 25 heavy (non-hydrogen) atoms. The van der Waals surface area contributed by atoms with E-state index in [0.29, 0.717) is 11.4 Å². The highest BCUT2D eigenvalue weighted by Crippen LogP contribution is 2.13. The SMILES string of the molecule is O=C(Cc1ccccc1)Nc1ccc(-n2cc(C(=O)O)c(=O)[nH]2)cc1. The maximum Gasteiger partial charge on any atom is 0.342 e. The number of carboxylic acid groups (broad SMARTS) is 1. The Morgan fingerprint density at radius 3 is 2.32 bits per heavy atom. The Balaban J connectivity index is 1.70. The van der Waals surface area contributed by atoms with E-state index in [1.54, 1.807) is 24.3 Å². The maximum atomic E-state index is 12.0. The van der Waals surface area contributed by atoms with Crippen LogP contribution in [0.3, 0.4) is 0 Å². The van der Waals surface area contributed by atoms with Crippen LogP contribution in [0.25, 0.3) is 5.69 Å². The van der Waals surface area contributed by atoms with Crippen LogP contribution < -0.4 is 10.9 Å². The van der Waals surface area contributed by atoms with Crippen molar-refractivity contribution in [2.75, 3.05) is 5.32 Å². The van der Waals surface area contributed by atoms with Gasteiger partial charge >= 0.3 is 5.97 Å². The number of benzene rings is 2. The molecule has 1 amide bonds. The molecule has 0 saturated carbocycles. The highest BCUT2D eigenvalue weighted by Gasteiger charge is 2.12. The molecule has 1 heterocycles. The molecule has 3 aromatic rings. The molecule has 2 aromatic carbocycles. The number of anilines is 1. The molecule has 0 radical (unpaired) electrons. The number of aromatic amines is 1. The van der Waals surface area contributed by atoms with Gasteiger partial charge in [-0.25, -0.2) is 4.79 Å². The monoisotopic (exact) mass is 337 g/mol. The lowest BCUT2D eigenvalue weighted by Crippen LogP contribution is -2.14. The molecule has 126 valence electrons. The highest BCUT2D eigenvalue weighted by molar-refractivity contribution is 5.92. The normalized spacial score (nSPS) is 10.4. The Kier molecular flexibility index (Phi) is 4.47. The van der Waals surface area contributed by atoms with E-state index < -0.39 is 11.5 Å². The Morgan fingerprint density at radius 2 is 1.72 bits per heavy atom. The van der Waals surface area contributed by atoms with Gasteiger partial charge < -0.3 is 10.4 Å². The summed E-state index contributed by atoms with van der Waals surface area (Å²) in [4.78, 5) is 34.5. The van der Waals surface area contributed by atoms with Crippen molar-refractivity contribution in [1.82, 2.24) is 9.78 Å². The van der Waals surface area contributed by atoms with E-state index in [0.717, 1.165) is 5.56 Å². The summed E-state index contributed by atoms with van der Waals surface area (Å²) in [5, 5.41) is 14.1. The summed E-state index contributed by atoms with van der Waals surface area (Å²) < 4.78 is 1.32. The zero-order chi connectivity index (χ0) is 17.8. The number of nitrogens with one attached hydrogen (secondary N) is 2. The van der Waals surface area contributed by atoms with E-state index in [1.807, 2.05) is 30.3 Å². The number of aromatic nitrogens is 2. The number of carboxylic acids is 1. The minimum atomic E-state index is -1.29. The fourth-order valence-electron chi connectivity index (χ4n) is 2.37. The number of carbonyl (C=O) groups excluding carboxylic acids is 1. The molecule has 3 rings (SSSR count). The zero-order valence-electron chi connectivity index (χ0n) is 13.1. The van der Waals surface area contributed by atoms with Gasteiger partial charge in [-0.1, -0.05) is 30.3 Å². The number of carbonyl (C=O) groups is 2. The van der Waals surface area contributed by atoms with Gasteiger partial charge in [0.1, 0.15) is 5.56 Å². The lowest BCUT2D eigenvalue weighted by molar-refractivity contribution is -0.115. The largest absolute Gasteiger partial charge is 0.477 e. The summed E-state index contributed by atoms with van der Waals surface area (Å²) in [5.74, 6) is -1.42. The minimum absolute atomic E-state index is 0.138. The minimum Gasteiger partial charge on any atom is -0.477 e. The number of aromatic carboxylic acids is 1. The van der Waals surface area contributed by atoms with Crippen LogP contribution in [0, 0.1) is 0 Å². The van der Waals surface area contributed by atoms with Crippen LogP contribution in [0.4, 0.5) is 5.69 Å². The summed E-state index contributed by atoms with van der Waals surface area (Å²) in [6, 6.07) is 16.1. The molecule has 0 fully saturated rings. The lowest BCUT2D eigenvalue weighted by Gasteiger charge is -2.07. The quantitative estimate of drug-likeness (QED) is 0.663. The molecule has 0 spiro atoms. The summed E-state index contributed by atoms with van der Waals surface area (Å²) in [7, 11) is 0. The number of rotatable bonds is 5. The lowest BCUT2D eigenvalue weighted by atomic mass is 10.1. The van der Waals surface area contributed by atoms with Gasteiger partial charge in [0.25, 0.3) is 5.56 Å². The highest BCUT2D eigenvalue weighted by atomic mass is 16.4. The number of hydrogen-bond acceptors (Lipinski definition) is 3. The van der Waals surface area contributed by atoms with Gasteiger partial charge in [0.05, 0.1) is 12.1 Å². The van der Waals surface area contributed by atoms with Gasteiger partial charge in [-0.2, -0.15) is 0 Å². The Labute approximate surface area is 142 Å². The van der Waals surface area contributed by atoms with Crippen molar-refractivity contribution in [3.05, 3.63) is 82.3 Å². The van der Waals surface area contributed by atoms with E-state index in [2.05, 4.69) is 10.4 Å². The van der Waals surface area contributed by atoms with E-state index in [9.17, 15) is 14.4 Å². The summed E-state index contributed by atoms with van der Waals surface area (Å²) in [6.45, 7) is 0. The molecule has 0 atom stereocenters. The molecular weight excluding hydrogens is 322 g/mol. The van der Waals surface area contributed by atoms with Crippen LogP contribution in [0.5, 0.6) is 0 Å². The van der Waals surface area contributed by atoms with E-state index in [4.69, 9.17) is 5.11 Å². The van der Waals surface area contributed by atoms with Crippen molar-refractivity contribution in [2.45, 2.75) is 6.42 Å². The van der Waals surface area contributed by atoms with Crippen molar-refractivity contribution in [3.8, 4) is 5.69 Å². The van der Waals surface area contributed by atoms with Gasteiger partial charge in [0.2, 0.25) is 5.91 Å². The van der Waals surface area contributed by atoms with E-state index >= 15 is 0 Å². The molecule has 7 nitrogen and oxygen atoms in total. The molecule has 0 aliphatic heterocycles. The van der Waals surface area contributed by atoms with Crippen molar-refractivity contribution < 1.29 is 14.7 Å². The fraction of sp³-hybridized carbons (Fsp3) is 0.0556. The molecule has 0 aliphatic rings. The number of hydrogen-bond donors (Lipinski definition) is 3. The van der Waals surface area contributed by atoms with Crippen LogP contribution in [-0.4, -0.2) is 26.8 Å². The second-order valence-corrected chi connectivity index (χ2v) is 5.42. The third-order valence-electron chi connectivity index (χ3n) is 3.59. The summed E-state index contributed by atoms with van der Waals surface area (Å²) >= 11 is 0. The predicted molar refractivity (Wildman–Crippen MR) is 92.1 cm³/mol. The van der Waals surface area contributed by atoms with Crippen LogP contribution in [0.1, 0.15) is 15.9 Å². The third kappa shape index (κ3) is 3.84. The van der Waals surface area contributed by atoms with Crippen LogP contribution in [-0.2, 0) is 11.2 Å². The molecule has 1 aromatic heterocycles. The topological polar surface area (TPSA) is 104 Å². The number of H-pyrrole nitrogens is 1.